The third-order valence-electron chi connectivity index (χ3n) is 4.06. The summed E-state index contributed by atoms with van der Waals surface area (Å²) >= 11 is 0. The van der Waals surface area contributed by atoms with Gasteiger partial charge in [0.2, 0.25) is 5.75 Å². The molecule has 0 saturated carbocycles. The predicted octanol–water partition coefficient (Wildman–Crippen LogP) is 0.955. The van der Waals surface area contributed by atoms with Crippen LogP contribution >= 0.6 is 0 Å². The molecule has 1 aliphatic heterocycles. The summed E-state index contributed by atoms with van der Waals surface area (Å²) in [4.78, 5) is 4.55. The van der Waals surface area contributed by atoms with Crippen molar-refractivity contribution in [3.8, 4) is 17.2 Å². The average Bonchev–Trinajstić information content (AvgIpc) is 2.97. The van der Waals surface area contributed by atoms with E-state index in [4.69, 9.17) is 14.2 Å². The van der Waals surface area contributed by atoms with E-state index in [1.54, 1.807) is 21.3 Å². The highest BCUT2D eigenvalue weighted by molar-refractivity contribution is 7.91. The molecule has 9 heteroatoms. The van der Waals surface area contributed by atoms with Crippen LogP contribution in [0.15, 0.2) is 17.1 Å². The summed E-state index contributed by atoms with van der Waals surface area (Å²) in [6.45, 7) is 3.02. The van der Waals surface area contributed by atoms with E-state index in [0.717, 1.165) is 5.56 Å². The third kappa shape index (κ3) is 5.17. The molecule has 1 saturated heterocycles. The zero-order valence-corrected chi connectivity index (χ0v) is 16.5. The number of aliphatic imine (C=N–C) groups is 1. The van der Waals surface area contributed by atoms with Crippen LogP contribution in [0.1, 0.15) is 18.9 Å². The number of hydrogen-bond acceptors (Lipinski definition) is 6. The summed E-state index contributed by atoms with van der Waals surface area (Å²) in [7, 11) is 1.75. The second-order valence-electron chi connectivity index (χ2n) is 5.97. The van der Waals surface area contributed by atoms with Crippen molar-refractivity contribution in [1.82, 2.24) is 10.6 Å². The number of guanidine groups is 1. The van der Waals surface area contributed by atoms with Crippen molar-refractivity contribution in [1.29, 1.82) is 0 Å². The van der Waals surface area contributed by atoms with Gasteiger partial charge in [0.1, 0.15) is 0 Å². The normalized spacial score (nSPS) is 19.1. The summed E-state index contributed by atoms with van der Waals surface area (Å²) < 4.78 is 39.3. The summed E-state index contributed by atoms with van der Waals surface area (Å²) in [5.74, 6) is 2.61. The molecule has 1 atom stereocenters. The minimum Gasteiger partial charge on any atom is -0.493 e. The van der Waals surface area contributed by atoms with Crippen LogP contribution in [0.3, 0.4) is 0 Å². The van der Waals surface area contributed by atoms with Gasteiger partial charge < -0.3 is 24.8 Å². The Morgan fingerprint density at radius 3 is 2.31 bits per heavy atom. The van der Waals surface area contributed by atoms with Crippen molar-refractivity contribution < 1.29 is 22.6 Å². The number of nitrogens with zero attached hydrogens (tertiary/aromatic N) is 1. The molecular weight excluding hydrogens is 358 g/mol. The van der Waals surface area contributed by atoms with E-state index in [9.17, 15) is 8.42 Å². The van der Waals surface area contributed by atoms with Gasteiger partial charge in [-0.25, -0.2) is 13.4 Å². The molecule has 2 N–H and O–H groups in total. The molecule has 0 aliphatic carbocycles. The van der Waals surface area contributed by atoms with E-state index in [2.05, 4.69) is 15.6 Å². The molecule has 0 amide bonds. The Bertz CT molecular complexity index is 724. The first-order valence-corrected chi connectivity index (χ1v) is 10.3. The van der Waals surface area contributed by atoms with Crippen LogP contribution in [0.2, 0.25) is 0 Å². The molecule has 0 radical (unpaired) electrons. The van der Waals surface area contributed by atoms with E-state index in [-0.39, 0.29) is 17.5 Å². The largest absolute Gasteiger partial charge is 0.493 e. The second kappa shape index (κ2) is 8.98. The Morgan fingerprint density at radius 2 is 1.85 bits per heavy atom. The molecule has 26 heavy (non-hydrogen) atoms. The average molecular weight is 385 g/mol. The number of benzene rings is 1. The minimum atomic E-state index is -2.94. The van der Waals surface area contributed by atoms with Gasteiger partial charge in [-0.05, 0) is 31.0 Å². The number of hydrogen-bond donors (Lipinski definition) is 2. The van der Waals surface area contributed by atoms with Gasteiger partial charge in [-0.2, -0.15) is 0 Å². The molecule has 1 aromatic rings. The van der Waals surface area contributed by atoms with Crippen molar-refractivity contribution in [2.45, 2.75) is 25.9 Å². The van der Waals surface area contributed by atoms with Crippen molar-refractivity contribution in [3.63, 3.8) is 0 Å². The van der Waals surface area contributed by atoms with Crippen molar-refractivity contribution in [3.05, 3.63) is 17.7 Å². The topological polar surface area (TPSA) is 98.2 Å². The lowest BCUT2D eigenvalue weighted by Gasteiger charge is -2.16. The molecule has 1 fully saturated rings. The van der Waals surface area contributed by atoms with Crippen molar-refractivity contribution in [2.75, 3.05) is 39.4 Å². The Balaban J connectivity index is 2.16. The van der Waals surface area contributed by atoms with Gasteiger partial charge in [-0.3, -0.25) is 0 Å². The summed E-state index contributed by atoms with van der Waals surface area (Å²) in [6.07, 6.45) is 0.594. The van der Waals surface area contributed by atoms with Crippen molar-refractivity contribution in [2.24, 2.45) is 4.99 Å². The van der Waals surface area contributed by atoms with Crippen LogP contribution in [0, 0.1) is 0 Å². The molecule has 1 heterocycles. The lowest BCUT2D eigenvalue weighted by atomic mass is 10.2. The van der Waals surface area contributed by atoms with Crippen LogP contribution in [-0.2, 0) is 16.4 Å². The fourth-order valence-corrected chi connectivity index (χ4v) is 4.49. The third-order valence-corrected chi connectivity index (χ3v) is 5.83. The molecule has 8 nitrogen and oxygen atoms in total. The summed E-state index contributed by atoms with van der Waals surface area (Å²) in [5, 5.41) is 6.34. The van der Waals surface area contributed by atoms with E-state index in [1.807, 2.05) is 19.1 Å². The number of rotatable bonds is 7. The molecule has 0 aromatic heterocycles. The summed E-state index contributed by atoms with van der Waals surface area (Å²) in [6, 6.07) is 3.57. The molecular formula is C17H27N3O5S. The van der Waals surface area contributed by atoms with Crippen LogP contribution in [0.5, 0.6) is 17.2 Å². The minimum absolute atomic E-state index is 0.113. The zero-order chi connectivity index (χ0) is 19.2. The SMILES string of the molecule is CCNC(=NCc1cc(OC)c(OC)c(OC)c1)NC1CCS(=O)(=O)C1. The summed E-state index contributed by atoms with van der Waals surface area (Å²) in [5.41, 5.74) is 0.885. The van der Waals surface area contributed by atoms with E-state index >= 15 is 0 Å². The van der Waals surface area contributed by atoms with E-state index < -0.39 is 9.84 Å². The van der Waals surface area contributed by atoms with Gasteiger partial charge in [0.05, 0.1) is 39.4 Å². The van der Waals surface area contributed by atoms with Gasteiger partial charge in [0, 0.05) is 12.6 Å². The van der Waals surface area contributed by atoms with Gasteiger partial charge in [-0.15, -0.1) is 0 Å². The van der Waals surface area contributed by atoms with Gasteiger partial charge in [-0.1, -0.05) is 0 Å². The first-order chi connectivity index (χ1) is 12.4. The molecule has 1 unspecified atom stereocenters. The maximum Gasteiger partial charge on any atom is 0.203 e. The number of nitrogens with one attached hydrogen (secondary N) is 2. The van der Waals surface area contributed by atoms with E-state index in [0.29, 0.717) is 42.7 Å². The first-order valence-electron chi connectivity index (χ1n) is 8.46. The predicted molar refractivity (Wildman–Crippen MR) is 101 cm³/mol. The Labute approximate surface area is 154 Å². The standard InChI is InChI=1S/C17H27N3O5S/c1-5-18-17(20-13-6-7-26(21,22)11-13)19-10-12-8-14(23-2)16(25-4)15(9-12)24-3/h8-9,13H,5-7,10-11H2,1-4H3,(H2,18,19,20). The lowest BCUT2D eigenvalue weighted by Crippen LogP contribution is -2.44. The highest BCUT2D eigenvalue weighted by Crippen LogP contribution is 2.38. The monoisotopic (exact) mass is 385 g/mol. The number of ether oxygens (including phenoxy) is 3. The van der Waals surface area contributed by atoms with Crippen molar-refractivity contribution >= 4 is 15.8 Å². The first kappa shape index (κ1) is 20.2. The lowest BCUT2D eigenvalue weighted by molar-refractivity contribution is 0.324. The fourth-order valence-electron chi connectivity index (χ4n) is 2.82. The highest BCUT2D eigenvalue weighted by Gasteiger charge is 2.28. The van der Waals surface area contributed by atoms with Gasteiger partial charge >= 0.3 is 0 Å². The highest BCUT2D eigenvalue weighted by atomic mass is 32.2. The Morgan fingerprint density at radius 1 is 1.19 bits per heavy atom. The number of methoxy groups -OCH3 is 3. The molecule has 146 valence electrons. The molecule has 2 rings (SSSR count). The second-order valence-corrected chi connectivity index (χ2v) is 8.20. The molecule has 0 bridgehead atoms. The fraction of sp³-hybridized carbons (Fsp3) is 0.588. The smallest absolute Gasteiger partial charge is 0.203 e. The van der Waals surface area contributed by atoms with Crippen LogP contribution < -0.4 is 24.8 Å². The van der Waals surface area contributed by atoms with Crippen LogP contribution in [-0.4, -0.2) is 59.8 Å². The van der Waals surface area contributed by atoms with Crippen LogP contribution in [0.25, 0.3) is 0 Å². The van der Waals surface area contributed by atoms with Gasteiger partial charge in [0.15, 0.2) is 27.3 Å². The molecule has 0 spiro atoms. The quantitative estimate of drug-likeness (QED) is 0.533. The molecule has 1 aromatic carbocycles. The maximum atomic E-state index is 11.6. The van der Waals surface area contributed by atoms with Crippen LogP contribution in [0.4, 0.5) is 0 Å². The van der Waals surface area contributed by atoms with E-state index in [1.165, 1.54) is 0 Å². The maximum absolute atomic E-state index is 11.6. The zero-order valence-electron chi connectivity index (χ0n) is 15.7. The van der Waals surface area contributed by atoms with Gasteiger partial charge in [0.25, 0.3) is 0 Å². The number of sulfone groups is 1. The Kier molecular flexibility index (Phi) is 6.96. The Hall–Kier alpha value is -2.16. The molecule has 1 aliphatic rings.